The molecule has 0 unspecified atom stereocenters. The van der Waals surface area contributed by atoms with Crippen LogP contribution in [0.3, 0.4) is 0 Å². The number of nitrogens with zero attached hydrogens (tertiary/aromatic N) is 3. The van der Waals surface area contributed by atoms with Crippen molar-refractivity contribution >= 4 is 11.2 Å². The zero-order valence-corrected chi connectivity index (χ0v) is 16.6. The third-order valence-corrected chi connectivity index (χ3v) is 4.34. The van der Waals surface area contributed by atoms with Gasteiger partial charge >= 0.3 is 11.1 Å². The Kier molecular flexibility index (Phi) is 5.39. The van der Waals surface area contributed by atoms with Crippen LogP contribution in [0.15, 0.2) is 39.9 Å². The van der Waals surface area contributed by atoms with E-state index in [4.69, 9.17) is 14.2 Å². The maximum Gasteiger partial charge on any atom is 0.322 e. The van der Waals surface area contributed by atoms with Gasteiger partial charge < -0.3 is 18.8 Å². The van der Waals surface area contributed by atoms with Crippen molar-refractivity contribution in [1.29, 1.82) is 0 Å². The number of pyridine rings is 1. The van der Waals surface area contributed by atoms with Gasteiger partial charge in [0.25, 0.3) is 0 Å². The Labute approximate surface area is 161 Å². The first-order valence-electron chi connectivity index (χ1n) is 8.84. The number of hydrogen-bond donors (Lipinski definition) is 0. The van der Waals surface area contributed by atoms with Crippen LogP contribution in [-0.4, -0.2) is 35.4 Å². The largest absolute Gasteiger partial charge is 0.493 e. The molecule has 8 heteroatoms. The number of rotatable bonds is 6. The molecule has 3 aromatic rings. The molecule has 2 heterocycles. The fraction of sp³-hybridized carbons (Fsp3) is 0.350. The molecular weight excluding hydrogens is 362 g/mol. The molecule has 8 nitrogen and oxygen atoms in total. The van der Waals surface area contributed by atoms with Crippen molar-refractivity contribution in [1.82, 2.24) is 14.1 Å². The van der Waals surface area contributed by atoms with E-state index < -0.39 is 11.1 Å². The van der Waals surface area contributed by atoms with Crippen molar-refractivity contribution in [3.63, 3.8) is 0 Å². The lowest BCUT2D eigenvalue weighted by atomic mass is 10.2. The maximum absolute atomic E-state index is 13.0. The van der Waals surface area contributed by atoms with Gasteiger partial charge in [-0.15, -0.1) is 0 Å². The molecule has 0 aliphatic carbocycles. The van der Waals surface area contributed by atoms with Gasteiger partial charge in [0.05, 0.1) is 32.5 Å². The molecule has 0 aliphatic rings. The number of methoxy groups -OCH3 is 3. The topological polar surface area (TPSA) is 84.6 Å². The van der Waals surface area contributed by atoms with Crippen LogP contribution in [0.5, 0.6) is 17.4 Å². The summed E-state index contributed by atoms with van der Waals surface area (Å²) in [5, 5.41) is 0. The zero-order chi connectivity index (χ0) is 20.4. The first-order valence-corrected chi connectivity index (χ1v) is 8.84. The van der Waals surface area contributed by atoms with Gasteiger partial charge in [0, 0.05) is 18.7 Å². The molecule has 0 amide bonds. The van der Waals surface area contributed by atoms with E-state index in [1.54, 1.807) is 30.3 Å². The van der Waals surface area contributed by atoms with Gasteiger partial charge in [-0.25, -0.2) is 0 Å². The van der Waals surface area contributed by atoms with Crippen molar-refractivity contribution in [2.75, 3.05) is 21.3 Å². The number of hydrogen-bond acceptors (Lipinski definition) is 6. The minimum absolute atomic E-state index is 0.180. The third kappa shape index (κ3) is 3.33. The molecule has 1 aromatic carbocycles. The summed E-state index contributed by atoms with van der Waals surface area (Å²) in [6, 6.07) is 8.39. The summed E-state index contributed by atoms with van der Waals surface area (Å²) in [6.07, 6.45) is 0. The molecule has 2 aromatic heterocycles. The SMILES string of the molecule is COc1ccc2c(n1)n(-c1ccc(OC)c(OC)c1)c(=O)c(=O)n2CC(C)C. The van der Waals surface area contributed by atoms with Gasteiger partial charge in [0.1, 0.15) is 0 Å². The van der Waals surface area contributed by atoms with Crippen LogP contribution >= 0.6 is 0 Å². The van der Waals surface area contributed by atoms with Crippen LogP contribution in [0, 0.1) is 5.92 Å². The lowest BCUT2D eigenvalue weighted by molar-refractivity contribution is 0.355. The Balaban J connectivity index is 2.41. The second-order valence-electron chi connectivity index (χ2n) is 6.69. The Morgan fingerprint density at radius 3 is 2.25 bits per heavy atom. The lowest BCUT2D eigenvalue weighted by Crippen LogP contribution is -2.41. The van der Waals surface area contributed by atoms with Crippen LogP contribution in [0.2, 0.25) is 0 Å². The second kappa shape index (κ2) is 7.75. The molecule has 28 heavy (non-hydrogen) atoms. The summed E-state index contributed by atoms with van der Waals surface area (Å²) >= 11 is 0. The number of fused-ring (bicyclic) bond motifs is 1. The monoisotopic (exact) mass is 385 g/mol. The molecule has 3 rings (SSSR count). The lowest BCUT2D eigenvalue weighted by Gasteiger charge is -2.17. The van der Waals surface area contributed by atoms with Crippen LogP contribution in [-0.2, 0) is 6.54 Å². The highest BCUT2D eigenvalue weighted by atomic mass is 16.5. The normalized spacial score (nSPS) is 11.1. The van der Waals surface area contributed by atoms with E-state index in [2.05, 4.69) is 4.98 Å². The molecule has 0 aliphatic heterocycles. The fourth-order valence-electron chi connectivity index (χ4n) is 3.08. The Morgan fingerprint density at radius 2 is 1.64 bits per heavy atom. The number of benzene rings is 1. The summed E-state index contributed by atoms with van der Waals surface area (Å²) in [5.41, 5.74) is 0.0250. The second-order valence-corrected chi connectivity index (χ2v) is 6.69. The van der Waals surface area contributed by atoms with Gasteiger partial charge in [-0.1, -0.05) is 13.8 Å². The van der Waals surface area contributed by atoms with Crippen LogP contribution < -0.4 is 25.3 Å². The standard InChI is InChI=1S/C20H23N3O5/c1-12(2)11-22-14-7-9-17(28-5)21-18(14)23(20(25)19(22)24)13-6-8-15(26-3)16(10-13)27-4/h6-10,12H,11H2,1-5H3. The van der Waals surface area contributed by atoms with Crippen molar-refractivity contribution in [3.05, 3.63) is 51.0 Å². The Hall–Kier alpha value is -3.29. The van der Waals surface area contributed by atoms with E-state index in [9.17, 15) is 9.59 Å². The highest BCUT2D eigenvalue weighted by molar-refractivity contribution is 5.74. The van der Waals surface area contributed by atoms with Gasteiger partial charge in [-0.3, -0.25) is 14.2 Å². The molecular formula is C20H23N3O5. The van der Waals surface area contributed by atoms with E-state index in [0.717, 1.165) is 0 Å². The summed E-state index contributed by atoms with van der Waals surface area (Å²) < 4.78 is 18.6. The van der Waals surface area contributed by atoms with Crippen molar-refractivity contribution in [3.8, 4) is 23.1 Å². The van der Waals surface area contributed by atoms with E-state index in [0.29, 0.717) is 40.8 Å². The number of ether oxygens (including phenoxy) is 3. The van der Waals surface area contributed by atoms with Gasteiger partial charge in [0.15, 0.2) is 17.1 Å². The summed E-state index contributed by atoms with van der Waals surface area (Å²) in [6.45, 7) is 4.37. The Morgan fingerprint density at radius 1 is 0.929 bits per heavy atom. The van der Waals surface area contributed by atoms with Crippen LogP contribution in [0.1, 0.15) is 13.8 Å². The average Bonchev–Trinajstić information content (AvgIpc) is 2.70. The van der Waals surface area contributed by atoms with E-state index >= 15 is 0 Å². The van der Waals surface area contributed by atoms with E-state index in [-0.39, 0.29) is 5.92 Å². The van der Waals surface area contributed by atoms with Crippen molar-refractivity contribution < 1.29 is 14.2 Å². The minimum atomic E-state index is -0.693. The third-order valence-electron chi connectivity index (χ3n) is 4.34. The summed E-state index contributed by atoms with van der Waals surface area (Å²) in [4.78, 5) is 30.3. The molecule has 0 saturated heterocycles. The van der Waals surface area contributed by atoms with Crippen LogP contribution in [0.25, 0.3) is 16.9 Å². The van der Waals surface area contributed by atoms with Crippen LogP contribution in [0.4, 0.5) is 0 Å². The predicted octanol–water partition coefficient (Wildman–Crippen LogP) is 2.23. The van der Waals surface area contributed by atoms with Crippen molar-refractivity contribution in [2.45, 2.75) is 20.4 Å². The first-order chi connectivity index (χ1) is 13.4. The summed E-state index contributed by atoms with van der Waals surface area (Å²) in [5.74, 6) is 1.48. The molecule has 0 spiro atoms. The molecule has 0 radical (unpaired) electrons. The van der Waals surface area contributed by atoms with Gasteiger partial charge in [0.2, 0.25) is 5.88 Å². The highest BCUT2D eigenvalue weighted by Gasteiger charge is 2.18. The Bertz CT molecular complexity index is 1130. The zero-order valence-electron chi connectivity index (χ0n) is 16.6. The minimum Gasteiger partial charge on any atom is -0.493 e. The van der Waals surface area contributed by atoms with E-state index in [1.165, 1.54) is 30.5 Å². The number of aromatic nitrogens is 3. The first kappa shape index (κ1) is 19.5. The van der Waals surface area contributed by atoms with Gasteiger partial charge in [-0.05, 0) is 24.1 Å². The molecule has 0 saturated carbocycles. The molecule has 0 N–H and O–H groups in total. The van der Waals surface area contributed by atoms with Crippen molar-refractivity contribution in [2.24, 2.45) is 5.92 Å². The quantitative estimate of drug-likeness (QED) is 0.605. The smallest absolute Gasteiger partial charge is 0.322 e. The molecule has 0 atom stereocenters. The predicted molar refractivity (Wildman–Crippen MR) is 106 cm³/mol. The highest BCUT2D eigenvalue weighted by Crippen LogP contribution is 2.29. The maximum atomic E-state index is 13.0. The fourth-order valence-corrected chi connectivity index (χ4v) is 3.08. The molecule has 148 valence electrons. The average molecular weight is 385 g/mol. The van der Waals surface area contributed by atoms with Gasteiger partial charge in [-0.2, -0.15) is 4.98 Å². The molecule has 0 fully saturated rings. The van der Waals surface area contributed by atoms with E-state index in [1.807, 2.05) is 13.8 Å². The molecule has 0 bridgehead atoms. The summed E-state index contributed by atoms with van der Waals surface area (Å²) in [7, 11) is 4.53.